The average molecular weight is 360 g/mol. The molecular formula is C18H18ClN3OS. The molecule has 0 unspecified atom stereocenters. The van der Waals surface area contributed by atoms with Crippen LogP contribution >= 0.6 is 23.7 Å². The van der Waals surface area contributed by atoms with E-state index in [4.69, 9.17) is 5.41 Å². The van der Waals surface area contributed by atoms with Gasteiger partial charge in [0, 0.05) is 11.6 Å². The summed E-state index contributed by atoms with van der Waals surface area (Å²) < 4.78 is 1.63. The van der Waals surface area contributed by atoms with Crippen LogP contribution in [0.3, 0.4) is 0 Å². The lowest BCUT2D eigenvalue weighted by Crippen LogP contribution is -2.33. The van der Waals surface area contributed by atoms with E-state index in [0.29, 0.717) is 4.80 Å². The number of halogens is 1. The third-order valence-electron chi connectivity index (χ3n) is 3.57. The number of aromatic nitrogens is 1. The van der Waals surface area contributed by atoms with Crippen molar-refractivity contribution in [3.05, 3.63) is 88.2 Å². The molecule has 1 aromatic heterocycles. The summed E-state index contributed by atoms with van der Waals surface area (Å²) >= 11 is 1.31. The second-order valence-corrected chi connectivity index (χ2v) is 6.05. The Kier molecular flexibility index (Phi) is 6.35. The van der Waals surface area contributed by atoms with E-state index in [1.54, 1.807) is 10.8 Å². The van der Waals surface area contributed by atoms with Gasteiger partial charge in [0.05, 0.1) is 6.04 Å². The summed E-state index contributed by atoms with van der Waals surface area (Å²) in [7, 11) is 0. The third-order valence-corrected chi connectivity index (χ3v) is 4.28. The van der Waals surface area contributed by atoms with Crippen LogP contribution < -0.4 is 10.1 Å². The van der Waals surface area contributed by atoms with Crippen molar-refractivity contribution < 1.29 is 4.79 Å². The van der Waals surface area contributed by atoms with Crippen LogP contribution in [0.15, 0.2) is 72.2 Å². The smallest absolute Gasteiger partial charge is 0.240 e. The van der Waals surface area contributed by atoms with Gasteiger partial charge >= 0.3 is 0 Å². The maximum atomic E-state index is 12.4. The number of benzene rings is 2. The summed E-state index contributed by atoms with van der Waals surface area (Å²) in [4.78, 5) is 12.8. The van der Waals surface area contributed by atoms with Crippen molar-refractivity contribution in [2.45, 2.75) is 12.6 Å². The number of amides is 1. The lowest BCUT2D eigenvalue weighted by molar-refractivity contribution is -0.122. The molecule has 0 fully saturated rings. The van der Waals surface area contributed by atoms with Crippen molar-refractivity contribution in [3.8, 4) is 0 Å². The fourth-order valence-electron chi connectivity index (χ4n) is 2.44. The van der Waals surface area contributed by atoms with E-state index in [1.807, 2.05) is 66.0 Å². The summed E-state index contributed by atoms with van der Waals surface area (Å²) in [5.41, 5.74) is 2.07. The predicted molar refractivity (Wildman–Crippen MR) is 98.3 cm³/mol. The van der Waals surface area contributed by atoms with Crippen LogP contribution in [0.2, 0.25) is 0 Å². The number of nitrogens with one attached hydrogen (secondary N) is 2. The van der Waals surface area contributed by atoms with Crippen LogP contribution in [0.5, 0.6) is 0 Å². The van der Waals surface area contributed by atoms with E-state index in [2.05, 4.69) is 5.32 Å². The Morgan fingerprint density at radius 3 is 2.04 bits per heavy atom. The Morgan fingerprint density at radius 2 is 1.58 bits per heavy atom. The van der Waals surface area contributed by atoms with Crippen molar-refractivity contribution in [1.29, 1.82) is 5.41 Å². The number of hydrogen-bond donors (Lipinski definition) is 2. The molecule has 0 saturated heterocycles. The van der Waals surface area contributed by atoms with E-state index in [9.17, 15) is 4.79 Å². The second-order valence-electron chi connectivity index (χ2n) is 5.16. The monoisotopic (exact) mass is 359 g/mol. The Balaban J connectivity index is 0.00000208. The normalized spacial score (nSPS) is 10.2. The number of hydrogen-bond acceptors (Lipinski definition) is 3. The van der Waals surface area contributed by atoms with Crippen LogP contribution in [-0.4, -0.2) is 10.5 Å². The van der Waals surface area contributed by atoms with E-state index in [0.717, 1.165) is 11.1 Å². The molecule has 0 bridgehead atoms. The van der Waals surface area contributed by atoms with E-state index in [-0.39, 0.29) is 30.9 Å². The SMILES string of the molecule is Cl.N=c1sccn1CC(=O)NC(c1ccccc1)c1ccccc1. The van der Waals surface area contributed by atoms with Gasteiger partial charge in [-0.15, -0.1) is 23.7 Å². The molecule has 4 nitrogen and oxygen atoms in total. The molecule has 0 spiro atoms. The summed E-state index contributed by atoms with van der Waals surface area (Å²) in [6.07, 6.45) is 1.76. The van der Waals surface area contributed by atoms with Gasteiger partial charge < -0.3 is 9.88 Å². The lowest BCUT2D eigenvalue weighted by atomic mass is 9.99. The molecule has 1 heterocycles. The zero-order chi connectivity index (χ0) is 16.1. The molecule has 0 aliphatic carbocycles. The number of carbonyl (C=O) groups is 1. The highest BCUT2D eigenvalue weighted by molar-refractivity contribution is 7.06. The van der Waals surface area contributed by atoms with Gasteiger partial charge in [0.15, 0.2) is 4.80 Å². The molecule has 3 rings (SSSR count). The van der Waals surface area contributed by atoms with Crippen molar-refractivity contribution in [3.63, 3.8) is 0 Å². The minimum atomic E-state index is -0.196. The topological polar surface area (TPSA) is 57.9 Å². The predicted octanol–water partition coefficient (Wildman–Crippen LogP) is 3.36. The molecule has 6 heteroatoms. The summed E-state index contributed by atoms with van der Waals surface area (Å²) in [5, 5.41) is 12.6. The zero-order valence-electron chi connectivity index (χ0n) is 12.9. The van der Waals surface area contributed by atoms with Crippen molar-refractivity contribution in [1.82, 2.24) is 9.88 Å². The molecule has 124 valence electrons. The number of carbonyl (C=O) groups excluding carboxylic acids is 1. The quantitative estimate of drug-likeness (QED) is 0.721. The van der Waals surface area contributed by atoms with Gasteiger partial charge in [-0.25, -0.2) is 0 Å². The second kappa shape index (κ2) is 8.47. The molecule has 24 heavy (non-hydrogen) atoms. The molecule has 1 amide bonds. The number of rotatable bonds is 5. The first kappa shape index (κ1) is 18.0. The fraction of sp³-hybridized carbons (Fsp3) is 0.111. The van der Waals surface area contributed by atoms with Crippen LogP contribution in [0.25, 0.3) is 0 Å². The van der Waals surface area contributed by atoms with Gasteiger partial charge in [0.25, 0.3) is 0 Å². The first-order chi connectivity index (χ1) is 11.2. The highest BCUT2D eigenvalue weighted by Crippen LogP contribution is 2.21. The molecule has 0 radical (unpaired) electrons. The van der Waals surface area contributed by atoms with Gasteiger partial charge in [-0.3, -0.25) is 10.2 Å². The van der Waals surface area contributed by atoms with Gasteiger partial charge in [0.2, 0.25) is 5.91 Å². The highest BCUT2D eigenvalue weighted by atomic mass is 35.5. The zero-order valence-corrected chi connectivity index (χ0v) is 14.5. The lowest BCUT2D eigenvalue weighted by Gasteiger charge is -2.20. The van der Waals surface area contributed by atoms with E-state index in [1.165, 1.54) is 11.3 Å². The van der Waals surface area contributed by atoms with Gasteiger partial charge in [0.1, 0.15) is 6.54 Å². The summed E-state index contributed by atoms with van der Waals surface area (Å²) in [6, 6.07) is 19.6. The molecule has 2 N–H and O–H groups in total. The van der Waals surface area contributed by atoms with Crippen molar-refractivity contribution in [2.75, 3.05) is 0 Å². The highest BCUT2D eigenvalue weighted by Gasteiger charge is 2.16. The molecule has 3 aromatic rings. The Labute approximate surface area is 150 Å². The molecular weight excluding hydrogens is 342 g/mol. The third kappa shape index (κ3) is 4.34. The first-order valence-electron chi connectivity index (χ1n) is 7.32. The minimum Gasteiger partial charge on any atom is -0.344 e. The maximum absolute atomic E-state index is 12.4. The molecule has 0 saturated carbocycles. The van der Waals surface area contributed by atoms with Crippen LogP contribution in [0.4, 0.5) is 0 Å². The molecule has 0 aliphatic heterocycles. The van der Waals surface area contributed by atoms with Crippen LogP contribution in [-0.2, 0) is 11.3 Å². The van der Waals surface area contributed by atoms with Crippen LogP contribution in [0, 0.1) is 5.41 Å². The van der Waals surface area contributed by atoms with Crippen molar-refractivity contribution >= 4 is 29.7 Å². The van der Waals surface area contributed by atoms with E-state index >= 15 is 0 Å². The van der Waals surface area contributed by atoms with Crippen LogP contribution in [0.1, 0.15) is 17.2 Å². The van der Waals surface area contributed by atoms with E-state index < -0.39 is 0 Å². The fourth-order valence-corrected chi connectivity index (χ4v) is 3.04. The Morgan fingerprint density at radius 1 is 1.04 bits per heavy atom. The first-order valence-corrected chi connectivity index (χ1v) is 8.20. The average Bonchev–Trinajstić information content (AvgIpc) is 2.99. The standard InChI is InChI=1S/C18H17N3OS.ClH/c19-18-21(11-12-23-18)13-16(22)20-17(14-7-3-1-4-8-14)15-9-5-2-6-10-15;/h1-12,17,19H,13H2,(H,20,22);1H. The Bertz CT molecular complexity index is 790. The summed E-state index contributed by atoms with van der Waals surface area (Å²) in [6.45, 7) is 0.151. The van der Waals surface area contributed by atoms with Gasteiger partial charge in [-0.2, -0.15) is 0 Å². The molecule has 2 aromatic carbocycles. The van der Waals surface area contributed by atoms with Crippen molar-refractivity contribution in [2.24, 2.45) is 0 Å². The number of thiazole rings is 1. The molecule has 0 aliphatic rings. The summed E-state index contributed by atoms with van der Waals surface area (Å²) in [5.74, 6) is -0.111. The van der Waals surface area contributed by atoms with Gasteiger partial charge in [-0.05, 0) is 11.1 Å². The largest absolute Gasteiger partial charge is 0.344 e. The Hall–Kier alpha value is -2.37. The van der Waals surface area contributed by atoms with Gasteiger partial charge in [-0.1, -0.05) is 60.7 Å². The number of nitrogens with zero attached hydrogens (tertiary/aromatic N) is 1. The minimum absolute atomic E-state index is 0. The molecule has 0 atom stereocenters. The maximum Gasteiger partial charge on any atom is 0.240 e.